The van der Waals surface area contributed by atoms with Gasteiger partial charge in [-0.25, -0.2) is 12.8 Å². The molecule has 0 aliphatic carbocycles. The van der Waals surface area contributed by atoms with Crippen molar-refractivity contribution in [3.8, 4) is 0 Å². The molecule has 112 valence electrons. The third-order valence-corrected chi connectivity index (χ3v) is 5.52. The molecule has 2 N–H and O–H groups in total. The molecule has 20 heavy (non-hydrogen) atoms. The largest absolute Gasteiger partial charge is 0.398 e. The van der Waals surface area contributed by atoms with Gasteiger partial charge in [0.2, 0.25) is 10.0 Å². The number of hydrogen-bond acceptors (Lipinski definition) is 4. The summed E-state index contributed by atoms with van der Waals surface area (Å²) in [7, 11) is -3.89. The SMILES string of the molecule is CCC1COCCN1S(=O)(=O)c1cc(N)c(C)cc1F. The lowest BCUT2D eigenvalue weighted by molar-refractivity contribution is 0.0313. The fraction of sp³-hybridized carbons (Fsp3) is 0.538. The summed E-state index contributed by atoms with van der Waals surface area (Å²) < 4.78 is 45.8. The molecule has 1 unspecified atom stereocenters. The normalized spacial score (nSPS) is 21.1. The molecule has 1 aliphatic heterocycles. The first-order valence-electron chi connectivity index (χ1n) is 6.53. The molecule has 0 bridgehead atoms. The Balaban J connectivity index is 2.46. The summed E-state index contributed by atoms with van der Waals surface area (Å²) in [5.74, 6) is -0.766. The molecule has 1 saturated heterocycles. The maximum absolute atomic E-state index is 14.0. The topological polar surface area (TPSA) is 72.6 Å². The Bertz CT molecular complexity index is 604. The van der Waals surface area contributed by atoms with E-state index in [4.69, 9.17) is 10.5 Å². The van der Waals surface area contributed by atoms with Gasteiger partial charge in [0.05, 0.1) is 13.2 Å². The Morgan fingerprint density at radius 2 is 2.20 bits per heavy atom. The van der Waals surface area contributed by atoms with Crippen molar-refractivity contribution in [1.82, 2.24) is 4.31 Å². The number of nitrogen functional groups attached to an aromatic ring is 1. The molecule has 0 amide bonds. The third kappa shape index (κ3) is 2.65. The number of aryl methyl sites for hydroxylation is 1. The summed E-state index contributed by atoms with van der Waals surface area (Å²) in [6, 6.07) is 2.09. The molecule has 1 fully saturated rings. The Kier molecular flexibility index (Phi) is 4.31. The van der Waals surface area contributed by atoms with E-state index >= 15 is 0 Å². The number of halogens is 1. The van der Waals surface area contributed by atoms with Crippen LogP contribution in [0.4, 0.5) is 10.1 Å². The smallest absolute Gasteiger partial charge is 0.246 e. The van der Waals surface area contributed by atoms with Gasteiger partial charge in [-0.3, -0.25) is 0 Å². The Labute approximate surface area is 118 Å². The monoisotopic (exact) mass is 302 g/mol. The molecule has 7 heteroatoms. The number of nitrogens with zero attached hydrogens (tertiary/aromatic N) is 1. The van der Waals surface area contributed by atoms with Gasteiger partial charge in [-0.15, -0.1) is 0 Å². The van der Waals surface area contributed by atoms with E-state index in [1.54, 1.807) is 6.92 Å². The van der Waals surface area contributed by atoms with Gasteiger partial charge in [0.15, 0.2) is 0 Å². The van der Waals surface area contributed by atoms with Crippen molar-refractivity contribution in [3.63, 3.8) is 0 Å². The number of benzene rings is 1. The van der Waals surface area contributed by atoms with Crippen molar-refractivity contribution in [1.29, 1.82) is 0 Å². The lowest BCUT2D eigenvalue weighted by Crippen LogP contribution is -2.48. The fourth-order valence-electron chi connectivity index (χ4n) is 2.27. The van der Waals surface area contributed by atoms with Crippen molar-refractivity contribution < 1.29 is 17.5 Å². The zero-order valence-corrected chi connectivity index (χ0v) is 12.4. The number of hydrogen-bond donors (Lipinski definition) is 1. The van der Waals surface area contributed by atoms with Crippen LogP contribution < -0.4 is 5.73 Å². The average Bonchev–Trinajstić information content (AvgIpc) is 2.42. The number of rotatable bonds is 3. The molecular formula is C13H19FN2O3S. The number of sulfonamides is 1. The molecule has 0 saturated carbocycles. The third-order valence-electron chi connectivity index (χ3n) is 3.55. The number of ether oxygens (including phenoxy) is 1. The van der Waals surface area contributed by atoms with Gasteiger partial charge in [-0.05, 0) is 31.0 Å². The van der Waals surface area contributed by atoms with Crippen LogP contribution in [0.25, 0.3) is 0 Å². The molecular weight excluding hydrogens is 283 g/mol. The molecule has 5 nitrogen and oxygen atoms in total. The molecule has 1 atom stereocenters. The first-order chi connectivity index (χ1) is 9.37. The fourth-order valence-corrected chi connectivity index (χ4v) is 4.02. The summed E-state index contributed by atoms with van der Waals surface area (Å²) in [5.41, 5.74) is 6.50. The number of morpholine rings is 1. The van der Waals surface area contributed by atoms with Crippen LogP contribution >= 0.6 is 0 Å². The first-order valence-corrected chi connectivity index (χ1v) is 7.97. The number of anilines is 1. The van der Waals surface area contributed by atoms with Crippen molar-refractivity contribution in [2.45, 2.75) is 31.2 Å². The maximum atomic E-state index is 14.0. The van der Waals surface area contributed by atoms with E-state index < -0.39 is 15.8 Å². The minimum Gasteiger partial charge on any atom is -0.398 e. The van der Waals surface area contributed by atoms with E-state index in [0.29, 0.717) is 25.2 Å². The van der Waals surface area contributed by atoms with E-state index in [0.717, 1.165) is 6.07 Å². The minimum absolute atomic E-state index is 0.230. The summed E-state index contributed by atoms with van der Waals surface area (Å²) in [4.78, 5) is -0.360. The highest BCUT2D eigenvalue weighted by Crippen LogP contribution is 2.27. The lowest BCUT2D eigenvalue weighted by Gasteiger charge is -2.34. The van der Waals surface area contributed by atoms with E-state index in [-0.39, 0.29) is 23.2 Å². The molecule has 1 aromatic rings. The second-order valence-corrected chi connectivity index (χ2v) is 6.75. The van der Waals surface area contributed by atoms with Gasteiger partial charge >= 0.3 is 0 Å². The summed E-state index contributed by atoms with van der Waals surface area (Å²) in [6.07, 6.45) is 0.613. The highest BCUT2D eigenvalue weighted by molar-refractivity contribution is 7.89. The molecule has 1 heterocycles. The summed E-state index contributed by atoms with van der Waals surface area (Å²) >= 11 is 0. The second-order valence-electron chi connectivity index (χ2n) is 4.89. The summed E-state index contributed by atoms with van der Waals surface area (Å²) in [6.45, 7) is 4.39. The van der Waals surface area contributed by atoms with Crippen LogP contribution in [-0.2, 0) is 14.8 Å². The molecule has 1 aliphatic rings. The van der Waals surface area contributed by atoms with E-state index in [1.165, 1.54) is 10.4 Å². The van der Waals surface area contributed by atoms with E-state index in [9.17, 15) is 12.8 Å². The quantitative estimate of drug-likeness (QED) is 0.859. The zero-order valence-electron chi connectivity index (χ0n) is 11.6. The Morgan fingerprint density at radius 1 is 1.50 bits per heavy atom. The lowest BCUT2D eigenvalue weighted by atomic mass is 10.2. The van der Waals surface area contributed by atoms with E-state index in [2.05, 4.69) is 0 Å². The van der Waals surface area contributed by atoms with Crippen LogP contribution in [0.1, 0.15) is 18.9 Å². The zero-order chi connectivity index (χ0) is 14.9. The van der Waals surface area contributed by atoms with Crippen molar-refractivity contribution >= 4 is 15.7 Å². The van der Waals surface area contributed by atoms with Gasteiger partial charge in [0.1, 0.15) is 10.7 Å². The molecule has 0 aromatic heterocycles. The van der Waals surface area contributed by atoms with Crippen LogP contribution in [0.15, 0.2) is 17.0 Å². The van der Waals surface area contributed by atoms with Gasteiger partial charge in [0, 0.05) is 18.3 Å². The first kappa shape index (κ1) is 15.2. The molecule has 1 aromatic carbocycles. The van der Waals surface area contributed by atoms with Crippen LogP contribution in [0.2, 0.25) is 0 Å². The van der Waals surface area contributed by atoms with Crippen LogP contribution in [0.3, 0.4) is 0 Å². The standard InChI is InChI=1S/C13H19FN2O3S/c1-3-10-8-19-5-4-16(10)20(17,18)13-7-12(15)9(2)6-11(13)14/h6-7,10H,3-5,8,15H2,1-2H3. The van der Waals surface area contributed by atoms with Gasteiger partial charge in [-0.1, -0.05) is 6.92 Å². The molecule has 0 radical (unpaired) electrons. The second kappa shape index (κ2) is 5.67. The van der Waals surface area contributed by atoms with Gasteiger partial charge in [0.25, 0.3) is 0 Å². The van der Waals surface area contributed by atoms with Crippen molar-refractivity contribution in [3.05, 3.63) is 23.5 Å². The van der Waals surface area contributed by atoms with E-state index in [1.807, 2.05) is 6.92 Å². The number of nitrogens with two attached hydrogens (primary N) is 1. The van der Waals surface area contributed by atoms with Crippen molar-refractivity contribution in [2.75, 3.05) is 25.5 Å². The predicted octanol–water partition coefficient (Wildman–Crippen LogP) is 1.52. The van der Waals surface area contributed by atoms with Crippen LogP contribution in [0, 0.1) is 12.7 Å². The molecule has 2 rings (SSSR count). The van der Waals surface area contributed by atoms with Gasteiger partial charge < -0.3 is 10.5 Å². The Hall–Kier alpha value is -1.18. The predicted molar refractivity (Wildman–Crippen MR) is 74.3 cm³/mol. The van der Waals surface area contributed by atoms with Crippen LogP contribution in [-0.4, -0.2) is 38.5 Å². The van der Waals surface area contributed by atoms with Gasteiger partial charge in [-0.2, -0.15) is 4.31 Å². The maximum Gasteiger partial charge on any atom is 0.246 e. The highest BCUT2D eigenvalue weighted by Gasteiger charge is 2.35. The average molecular weight is 302 g/mol. The van der Waals surface area contributed by atoms with Crippen LogP contribution in [0.5, 0.6) is 0 Å². The highest BCUT2D eigenvalue weighted by atomic mass is 32.2. The Morgan fingerprint density at radius 3 is 2.85 bits per heavy atom. The van der Waals surface area contributed by atoms with Crippen molar-refractivity contribution in [2.24, 2.45) is 0 Å². The molecule has 0 spiro atoms. The summed E-state index contributed by atoms with van der Waals surface area (Å²) in [5, 5.41) is 0. The minimum atomic E-state index is -3.89.